The molecule has 1 aromatic carbocycles. The Morgan fingerprint density at radius 1 is 1.38 bits per heavy atom. The van der Waals surface area contributed by atoms with Crippen molar-refractivity contribution in [2.75, 3.05) is 0 Å². The lowest BCUT2D eigenvalue weighted by Gasteiger charge is -2.34. The van der Waals surface area contributed by atoms with Gasteiger partial charge in [-0.1, -0.05) is 38.3 Å². The van der Waals surface area contributed by atoms with Crippen molar-refractivity contribution in [1.29, 1.82) is 0 Å². The molecule has 24 heavy (non-hydrogen) atoms. The van der Waals surface area contributed by atoms with E-state index in [4.69, 9.17) is 11.6 Å². The first-order chi connectivity index (χ1) is 11.5. The first-order valence-corrected chi connectivity index (χ1v) is 8.77. The molecule has 0 bridgehead atoms. The van der Waals surface area contributed by atoms with Crippen LogP contribution in [-0.2, 0) is 11.3 Å². The fraction of sp³-hybridized carbons (Fsp3) is 0.500. The topological polar surface area (TPSA) is 64.0 Å². The van der Waals surface area contributed by atoms with Gasteiger partial charge in [0, 0.05) is 11.1 Å². The molecule has 1 aliphatic rings. The van der Waals surface area contributed by atoms with Crippen LogP contribution in [-0.4, -0.2) is 21.5 Å². The maximum absolute atomic E-state index is 12.5. The number of benzene rings is 1. The minimum absolute atomic E-state index is 0.0219. The van der Waals surface area contributed by atoms with Crippen LogP contribution in [0.4, 0.5) is 0 Å². The highest BCUT2D eigenvalue weighted by Crippen LogP contribution is 2.29. The molecule has 3 atom stereocenters. The minimum atomic E-state index is -0.247. The van der Waals surface area contributed by atoms with E-state index in [2.05, 4.69) is 24.1 Å². The number of hydrogen-bond acceptors (Lipinski definition) is 3. The molecular weight excluding hydrogens is 326 g/mol. The summed E-state index contributed by atoms with van der Waals surface area (Å²) in [6.07, 6.45) is 4.76. The first-order valence-electron chi connectivity index (χ1n) is 8.40. The lowest BCUT2D eigenvalue weighted by molar-refractivity contribution is -0.123. The number of nitrogens with one attached hydrogen (secondary N) is 1. The van der Waals surface area contributed by atoms with Crippen LogP contribution in [0.3, 0.4) is 0 Å². The van der Waals surface area contributed by atoms with E-state index < -0.39 is 0 Å². The highest BCUT2D eigenvalue weighted by molar-refractivity contribution is 6.31. The van der Waals surface area contributed by atoms with Crippen molar-refractivity contribution in [2.24, 2.45) is 11.8 Å². The third-order valence-corrected chi connectivity index (χ3v) is 5.39. The van der Waals surface area contributed by atoms with Gasteiger partial charge in [0.25, 0.3) is 5.56 Å². The van der Waals surface area contributed by atoms with E-state index in [0.29, 0.717) is 27.8 Å². The molecule has 1 saturated carbocycles. The number of amides is 1. The van der Waals surface area contributed by atoms with Gasteiger partial charge in [-0.3, -0.25) is 14.2 Å². The molecule has 0 spiro atoms. The molecule has 0 saturated heterocycles. The molecule has 3 rings (SSSR count). The predicted molar refractivity (Wildman–Crippen MR) is 95.1 cm³/mol. The number of hydrogen-bond donors (Lipinski definition) is 1. The highest BCUT2D eigenvalue weighted by atomic mass is 35.5. The average molecular weight is 348 g/mol. The molecule has 2 aromatic rings. The van der Waals surface area contributed by atoms with Crippen LogP contribution >= 0.6 is 11.6 Å². The van der Waals surface area contributed by atoms with Gasteiger partial charge in [0.1, 0.15) is 6.54 Å². The summed E-state index contributed by atoms with van der Waals surface area (Å²) in [6.45, 7) is 4.39. The van der Waals surface area contributed by atoms with Gasteiger partial charge in [0.15, 0.2) is 0 Å². The Balaban J connectivity index is 1.76. The van der Waals surface area contributed by atoms with Crippen LogP contribution in [0, 0.1) is 11.8 Å². The molecule has 1 amide bonds. The fourth-order valence-electron chi connectivity index (χ4n) is 3.44. The summed E-state index contributed by atoms with van der Waals surface area (Å²) in [6, 6.07) is 5.17. The third-order valence-electron chi connectivity index (χ3n) is 5.15. The standard InChI is InChI=1S/C18H22ClN3O2/c1-11-4-3-5-15(12(11)2)21-17(23)9-22-10-20-16-7-6-13(19)8-14(16)18(22)24/h6-8,10-12,15H,3-5,9H2,1-2H3,(H,21,23)/t11-,12+,15+/m0/s1. The summed E-state index contributed by atoms with van der Waals surface area (Å²) in [5.74, 6) is 0.912. The Kier molecular flexibility index (Phi) is 4.90. The van der Waals surface area contributed by atoms with E-state index in [1.165, 1.54) is 17.3 Å². The zero-order valence-corrected chi connectivity index (χ0v) is 14.7. The number of carbonyl (C=O) groups is 1. The Labute approximate surface area is 146 Å². The van der Waals surface area contributed by atoms with Crippen LogP contribution in [0.15, 0.2) is 29.3 Å². The molecule has 1 fully saturated rings. The monoisotopic (exact) mass is 347 g/mol. The summed E-state index contributed by atoms with van der Waals surface area (Å²) in [5.41, 5.74) is 0.332. The van der Waals surface area contributed by atoms with E-state index in [9.17, 15) is 9.59 Å². The Bertz CT molecular complexity index is 818. The van der Waals surface area contributed by atoms with Crippen molar-refractivity contribution in [1.82, 2.24) is 14.9 Å². The smallest absolute Gasteiger partial charge is 0.261 e. The van der Waals surface area contributed by atoms with E-state index in [1.807, 2.05) is 0 Å². The average Bonchev–Trinajstić information content (AvgIpc) is 2.55. The molecule has 0 aliphatic heterocycles. The molecule has 5 nitrogen and oxygen atoms in total. The SMILES string of the molecule is C[C@@H]1[C@@H](C)CCC[C@H]1NC(=O)Cn1cnc2ccc(Cl)cc2c1=O. The van der Waals surface area contributed by atoms with Gasteiger partial charge >= 0.3 is 0 Å². The number of halogens is 1. The maximum atomic E-state index is 12.5. The number of carbonyl (C=O) groups excluding carboxylic acids is 1. The Hall–Kier alpha value is -1.88. The Morgan fingerprint density at radius 2 is 2.17 bits per heavy atom. The largest absolute Gasteiger partial charge is 0.352 e. The molecule has 1 heterocycles. The van der Waals surface area contributed by atoms with Crippen LogP contribution in [0.1, 0.15) is 33.1 Å². The quantitative estimate of drug-likeness (QED) is 0.928. The summed E-state index contributed by atoms with van der Waals surface area (Å²) in [7, 11) is 0. The van der Waals surface area contributed by atoms with Gasteiger partial charge in [0.05, 0.1) is 17.2 Å². The van der Waals surface area contributed by atoms with Crippen molar-refractivity contribution >= 4 is 28.4 Å². The van der Waals surface area contributed by atoms with Crippen LogP contribution < -0.4 is 10.9 Å². The lowest BCUT2D eigenvalue weighted by Crippen LogP contribution is -2.45. The normalized spacial score (nSPS) is 24.0. The van der Waals surface area contributed by atoms with Gasteiger partial charge in [-0.2, -0.15) is 0 Å². The van der Waals surface area contributed by atoms with Gasteiger partial charge in [-0.15, -0.1) is 0 Å². The maximum Gasteiger partial charge on any atom is 0.261 e. The fourth-order valence-corrected chi connectivity index (χ4v) is 3.61. The molecule has 1 aliphatic carbocycles. The van der Waals surface area contributed by atoms with Crippen LogP contribution in [0.2, 0.25) is 5.02 Å². The summed E-state index contributed by atoms with van der Waals surface area (Å²) in [4.78, 5) is 29.1. The van der Waals surface area contributed by atoms with E-state index >= 15 is 0 Å². The zero-order chi connectivity index (χ0) is 17.3. The number of nitrogens with zero attached hydrogens (tertiary/aromatic N) is 2. The molecule has 0 radical (unpaired) electrons. The van der Waals surface area contributed by atoms with Crippen LogP contribution in [0.5, 0.6) is 0 Å². The second kappa shape index (κ2) is 6.93. The van der Waals surface area contributed by atoms with Crippen molar-refractivity contribution < 1.29 is 4.79 Å². The van der Waals surface area contributed by atoms with Gasteiger partial charge < -0.3 is 5.32 Å². The molecule has 0 unspecified atom stereocenters. The number of rotatable bonds is 3. The highest BCUT2D eigenvalue weighted by Gasteiger charge is 2.28. The van der Waals surface area contributed by atoms with E-state index in [1.54, 1.807) is 18.2 Å². The van der Waals surface area contributed by atoms with Gasteiger partial charge in [-0.25, -0.2) is 4.98 Å². The Morgan fingerprint density at radius 3 is 2.96 bits per heavy atom. The minimum Gasteiger partial charge on any atom is -0.352 e. The van der Waals surface area contributed by atoms with Crippen molar-refractivity contribution in [3.05, 3.63) is 39.9 Å². The molecule has 1 aromatic heterocycles. The number of fused-ring (bicyclic) bond motifs is 1. The number of aromatic nitrogens is 2. The molecule has 6 heteroatoms. The second-order valence-corrected chi connectivity index (χ2v) is 7.22. The second-order valence-electron chi connectivity index (χ2n) is 6.78. The van der Waals surface area contributed by atoms with Crippen LogP contribution in [0.25, 0.3) is 10.9 Å². The van der Waals surface area contributed by atoms with E-state index in [0.717, 1.165) is 12.8 Å². The predicted octanol–water partition coefficient (Wildman–Crippen LogP) is 2.99. The van der Waals surface area contributed by atoms with Gasteiger partial charge in [0.2, 0.25) is 5.91 Å². The van der Waals surface area contributed by atoms with Crippen molar-refractivity contribution in [2.45, 2.75) is 45.7 Å². The molecule has 128 valence electrons. The van der Waals surface area contributed by atoms with Crippen molar-refractivity contribution in [3.8, 4) is 0 Å². The summed E-state index contributed by atoms with van der Waals surface area (Å²) < 4.78 is 1.34. The van der Waals surface area contributed by atoms with Gasteiger partial charge in [-0.05, 0) is 36.5 Å². The third kappa shape index (κ3) is 3.46. The summed E-state index contributed by atoms with van der Waals surface area (Å²) in [5, 5.41) is 3.99. The van der Waals surface area contributed by atoms with Crippen molar-refractivity contribution in [3.63, 3.8) is 0 Å². The summed E-state index contributed by atoms with van der Waals surface area (Å²) >= 11 is 5.95. The molecule has 1 N–H and O–H groups in total. The van der Waals surface area contributed by atoms with E-state index in [-0.39, 0.29) is 24.1 Å². The first kappa shape index (κ1) is 17.0. The zero-order valence-electron chi connectivity index (χ0n) is 14.0. The molecular formula is C18H22ClN3O2. The lowest BCUT2D eigenvalue weighted by atomic mass is 9.78.